The maximum atomic E-state index is 12.7. The van der Waals surface area contributed by atoms with E-state index in [1.54, 1.807) is 20.8 Å². The molecule has 1 aliphatic heterocycles. The van der Waals surface area contributed by atoms with Crippen LogP contribution in [0.3, 0.4) is 0 Å². The Morgan fingerprint density at radius 3 is 2.16 bits per heavy atom. The van der Waals surface area contributed by atoms with Crippen molar-refractivity contribution < 1.29 is 51.5 Å². The summed E-state index contributed by atoms with van der Waals surface area (Å²) in [6, 6.07) is 3.81. The first-order valence-electron chi connectivity index (χ1n) is 14.0. The first-order valence-corrected chi connectivity index (χ1v) is 15.5. The Hall–Kier alpha value is -4.60. The number of ether oxygens (including phenoxy) is 2. The third-order valence-electron chi connectivity index (χ3n) is 6.09. The minimum Gasteiger partial charge on any atom is -0.461 e. The second kappa shape index (κ2) is 15.9. The lowest BCUT2D eigenvalue weighted by Crippen LogP contribution is -2.47. The molecule has 16 heteroatoms. The largest absolute Gasteiger partial charge is 0.461 e. The predicted octanol–water partition coefficient (Wildman–Crippen LogP) is 0.200. The van der Waals surface area contributed by atoms with Crippen LogP contribution in [0.2, 0.25) is 0 Å². The Bertz CT molecular complexity index is 1440. The predicted molar refractivity (Wildman–Crippen MR) is 157 cm³/mol. The summed E-state index contributed by atoms with van der Waals surface area (Å²) in [6.07, 6.45) is 2.18. The van der Waals surface area contributed by atoms with E-state index >= 15 is 0 Å². The number of amides is 5. The standard InChI is InChI=1S/C29H38N4O11S/c1-18(2)15-21(31-23(35)17-30-22(34)11-12-33-24(36)9-10-25(33)37)27(39)44-14-13-43-26(38)19-7-6-8-20(16-19)45(41,42)32-28(40)29(3,4)5/h6-10,16,18,21H,11-15,17H2,1-5H3,(H,30,34)(H,31,35)(H,32,40)/t21-/m0/s1. The van der Waals surface area contributed by atoms with Gasteiger partial charge in [-0.2, -0.15) is 0 Å². The lowest BCUT2D eigenvalue weighted by Gasteiger charge is -2.20. The second-order valence-electron chi connectivity index (χ2n) is 11.5. The van der Waals surface area contributed by atoms with Crippen LogP contribution in [0, 0.1) is 11.3 Å². The molecule has 0 aromatic heterocycles. The Morgan fingerprint density at radius 2 is 1.56 bits per heavy atom. The number of imide groups is 1. The van der Waals surface area contributed by atoms with Crippen LogP contribution in [-0.4, -0.2) is 87.1 Å². The summed E-state index contributed by atoms with van der Waals surface area (Å²) in [5.74, 6) is -4.78. The maximum absolute atomic E-state index is 12.7. The van der Waals surface area contributed by atoms with Crippen molar-refractivity contribution in [3.05, 3.63) is 42.0 Å². The van der Waals surface area contributed by atoms with Gasteiger partial charge in [0.1, 0.15) is 19.3 Å². The Labute approximate surface area is 261 Å². The van der Waals surface area contributed by atoms with Gasteiger partial charge in [0.2, 0.25) is 17.7 Å². The van der Waals surface area contributed by atoms with E-state index in [0.717, 1.165) is 23.1 Å². The molecule has 3 N–H and O–H groups in total. The quantitative estimate of drug-likeness (QED) is 0.133. The van der Waals surface area contributed by atoms with E-state index in [1.165, 1.54) is 18.2 Å². The van der Waals surface area contributed by atoms with E-state index in [0.29, 0.717) is 0 Å². The number of carbonyl (C=O) groups excluding carboxylic acids is 7. The number of esters is 2. The Morgan fingerprint density at radius 1 is 0.933 bits per heavy atom. The monoisotopic (exact) mass is 650 g/mol. The van der Waals surface area contributed by atoms with Crippen molar-refractivity contribution in [3.8, 4) is 0 Å². The molecule has 5 amide bonds. The maximum Gasteiger partial charge on any atom is 0.338 e. The van der Waals surface area contributed by atoms with Gasteiger partial charge in [-0.3, -0.25) is 28.9 Å². The van der Waals surface area contributed by atoms with Gasteiger partial charge in [-0.25, -0.2) is 22.7 Å². The number of rotatable bonds is 15. The molecule has 0 saturated carbocycles. The highest BCUT2D eigenvalue weighted by Crippen LogP contribution is 2.17. The fourth-order valence-corrected chi connectivity index (χ4v) is 4.86. The molecule has 0 radical (unpaired) electrons. The van der Waals surface area contributed by atoms with E-state index in [9.17, 15) is 42.0 Å². The first kappa shape index (κ1) is 36.6. The number of nitrogens with one attached hydrogen (secondary N) is 3. The Kier molecular flexibility index (Phi) is 12.9. The molecule has 1 aromatic carbocycles. The SMILES string of the molecule is CC(C)C[C@H](NC(=O)CNC(=O)CCN1C(=O)C=CC1=O)C(=O)OCCOC(=O)c1cccc(S(=O)(=O)NC(=O)C(C)(C)C)c1. The fraction of sp³-hybridized carbons (Fsp3) is 0.483. The third-order valence-corrected chi connectivity index (χ3v) is 7.41. The number of hydrogen-bond acceptors (Lipinski definition) is 11. The molecule has 1 heterocycles. The van der Waals surface area contributed by atoms with Crippen molar-refractivity contribution in [2.24, 2.45) is 11.3 Å². The fourth-order valence-electron chi connectivity index (χ4n) is 3.65. The molecule has 0 bridgehead atoms. The summed E-state index contributed by atoms with van der Waals surface area (Å²) in [5.41, 5.74) is -1.08. The van der Waals surface area contributed by atoms with Crippen LogP contribution in [0.1, 0.15) is 57.8 Å². The molecule has 0 saturated heterocycles. The lowest BCUT2D eigenvalue weighted by molar-refractivity contribution is -0.149. The molecule has 0 spiro atoms. The van der Waals surface area contributed by atoms with Gasteiger partial charge in [0.25, 0.3) is 21.8 Å². The van der Waals surface area contributed by atoms with Crippen molar-refractivity contribution in [2.75, 3.05) is 26.3 Å². The molecular weight excluding hydrogens is 612 g/mol. The number of carbonyl (C=O) groups is 7. The zero-order valence-corrected chi connectivity index (χ0v) is 26.5. The van der Waals surface area contributed by atoms with Gasteiger partial charge in [-0.15, -0.1) is 0 Å². The third kappa shape index (κ3) is 11.8. The van der Waals surface area contributed by atoms with E-state index in [1.807, 2.05) is 18.6 Å². The van der Waals surface area contributed by atoms with Crippen LogP contribution < -0.4 is 15.4 Å². The highest BCUT2D eigenvalue weighted by atomic mass is 32.2. The summed E-state index contributed by atoms with van der Waals surface area (Å²) in [6.45, 7) is 6.91. The minimum atomic E-state index is -4.25. The van der Waals surface area contributed by atoms with Crippen molar-refractivity contribution in [3.63, 3.8) is 0 Å². The molecular formula is C29H38N4O11S. The van der Waals surface area contributed by atoms with Crippen LogP contribution in [-0.2, 0) is 48.3 Å². The smallest absolute Gasteiger partial charge is 0.338 e. The highest BCUT2D eigenvalue weighted by Gasteiger charge is 2.28. The van der Waals surface area contributed by atoms with Crippen molar-refractivity contribution in [1.82, 2.24) is 20.3 Å². The van der Waals surface area contributed by atoms with Gasteiger partial charge in [0.05, 0.1) is 17.0 Å². The molecule has 0 fully saturated rings. The summed E-state index contributed by atoms with van der Waals surface area (Å²) >= 11 is 0. The Balaban J connectivity index is 1.83. The summed E-state index contributed by atoms with van der Waals surface area (Å²) in [4.78, 5) is 85.4. The van der Waals surface area contributed by atoms with Crippen LogP contribution >= 0.6 is 0 Å². The van der Waals surface area contributed by atoms with Gasteiger partial charge in [0, 0.05) is 30.5 Å². The van der Waals surface area contributed by atoms with E-state index in [2.05, 4.69) is 10.6 Å². The molecule has 2 rings (SSSR count). The average Bonchev–Trinajstić information content (AvgIpc) is 3.27. The van der Waals surface area contributed by atoms with Crippen molar-refractivity contribution in [1.29, 1.82) is 0 Å². The highest BCUT2D eigenvalue weighted by molar-refractivity contribution is 7.90. The van der Waals surface area contributed by atoms with Crippen molar-refractivity contribution in [2.45, 2.75) is 58.4 Å². The molecule has 15 nitrogen and oxygen atoms in total. The van der Waals surface area contributed by atoms with E-state index < -0.39 is 69.5 Å². The number of nitrogens with zero attached hydrogens (tertiary/aromatic N) is 1. The molecule has 0 aliphatic carbocycles. The first-order chi connectivity index (χ1) is 20.9. The summed E-state index contributed by atoms with van der Waals surface area (Å²) in [5, 5.41) is 4.84. The van der Waals surface area contributed by atoms with Crippen LogP contribution in [0.5, 0.6) is 0 Å². The molecule has 45 heavy (non-hydrogen) atoms. The zero-order valence-electron chi connectivity index (χ0n) is 25.7. The van der Waals surface area contributed by atoms with Crippen LogP contribution in [0.15, 0.2) is 41.3 Å². The van der Waals surface area contributed by atoms with Crippen LogP contribution in [0.25, 0.3) is 0 Å². The minimum absolute atomic E-state index is 0.0313. The van der Waals surface area contributed by atoms with Gasteiger partial charge < -0.3 is 20.1 Å². The van der Waals surface area contributed by atoms with E-state index in [-0.39, 0.29) is 49.0 Å². The number of hydrogen-bond donors (Lipinski definition) is 3. The van der Waals surface area contributed by atoms with Gasteiger partial charge >= 0.3 is 11.9 Å². The molecule has 0 unspecified atom stereocenters. The van der Waals surface area contributed by atoms with E-state index in [4.69, 9.17) is 9.47 Å². The number of benzene rings is 1. The van der Waals surface area contributed by atoms with Gasteiger partial charge in [0.15, 0.2) is 0 Å². The zero-order chi connectivity index (χ0) is 33.9. The molecule has 1 atom stereocenters. The molecule has 1 aliphatic rings. The summed E-state index contributed by atoms with van der Waals surface area (Å²) in [7, 11) is -4.25. The number of sulfonamides is 1. The normalized spacial score (nSPS) is 13.8. The van der Waals surface area contributed by atoms with Crippen molar-refractivity contribution >= 4 is 51.5 Å². The van der Waals surface area contributed by atoms with Crippen LogP contribution in [0.4, 0.5) is 0 Å². The van der Waals surface area contributed by atoms with Gasteiger partial charge in [-0.05, 0) is 30.5 Å². The topological polar surface area (TPSA) is 211 Å². The second-order valence-corrected chi connectivity index (χ2v) is 13.1. The molecule has 1 aromatic rings. The van der Waals surface area contributed by atoms with Gasteiger partial charge in [-0.1, -0.05) is 40.7 Å². The summed E-state index contributed by atoms with van der Waals surface area (Å²) < 4.78 is 37.3. The lowest BCUT2D eigenvalue weighted by atomic mass is 9.96. The average molecular weight is 651 g/mol. The molecule has 246 valence electrons.